The van der Waals surface area contributed by atoms with Gasteiger partial charge in [-0.1, -0.05) is 97.1 Å². The summed E-state index contributed by atoms with van der Waals surface area (Å²) in [7, 11) is 0. The summed E-state index contributed by atoms with van der Waals surface area (Å²) >= 11 is 0. The van der Waals surface area contributed by atoms with Crippen LogP contribution in [0.2, 0.25) is 0 Å². The van der Waals surface area contributed by atoms with Crippen molar-refractivity contribution in [2.24, 2.45) is 0 Å². The molecular formula is C27H20O2. The highest BCUT2D eigenvalue weighted by atomic mass is 16.1. The Morgan fingerprint density at radius 3 is 1.86 bits per heavy atom. The van der Waals surface area contributed by atoms with Crippen LogP contribution in [0, 0.1) is 0 Å². The molecule has 0 aromatic heterocycles. The van der Waals surface area contributed by atoms with Gasteiger partial charge in [0.05, 0.1) is 0 Å². The standard InChI is InChI=1S/C27H20O2/c1-19(28)22-16-17-23(20-10-4-2-5-11-20)26(18-22)24-14-8-9-15-25(24)27(29)21-12-6-3-7-13-21/h2-18H,1H3. The number of hydrogen-bond acceptors (Lipinski definition) is 2. The molecule has 0 heterocycles. The van der Waals surface area contributed by atoms with Crippen LogP contribution in [0.4, 0.5) is 0 Å². The lowest BCUT2D eigenvalue weighted by atomic mass is 9.88. The fourth-order valence-corrected chi connectivity index (χ4v) is 3.52. The van der Waals surface area contributed by atoms with Crippen LogP contribution in [-0.2, 0) is 0 Å². The van der Waals surface area contributed by atoms with Crippen molar-refractivity contribution in [3.8, 4) is 22.3 Å². The van der Waals surface area contributed by atoms with E-state index in [0.29, 0.717) is 16.7 Å². The third-order valence-electron chi connectivity index (χ3n) is 5.01. The van der Waals surface area contributed by atoms with Crippen molar-refractivity contribution >= 4 is 11.6 Å². The largest absolute Gasteiger partial charge is 0.295 e. The average Bonchev–Trinajstić information content (AvgIpc) is 2.79. The Morgan fingerprint density at radius 2 is 1.17 bits per heavy atom. The highest BCUT2D eigenvalue weighted by Crippen LogP contribution is 2.35. The molecule has 0 unspecified atom stereocenters. The summed E-state index contributed by atoms with van der Waals surface area (Å²) in [6, 6.07) is 32.6. The molecule has 0 N–H and O–H groups in total. The van der Waals surface area contributed by atoms with Gasteiger partial charge < -0.3 is 0 Å². The second kappa shape index (κ2) is 8.07. The third-order valence-corrected chi connectivity index (χ3v) is 5.01. The van der Waals surface area contributed by atoms with Gasteiger partial charge in [0.15, 0.2) is 11.6 Å². The minimum absolute atomic E-state index is 0.00210. The molecule has 0 aliphatic heterocycles. The number of hydrogen-bond donors (Lipinski definition) is 0. The molecule has 4 rings (SSSR count). The first kappa shape index (κ1) is 18.6. The van der Waals surface area contributed by atoms with Gasteiger partial charge in [-0.3, -0.25) is 9.59 Å². The molecule has 4 aromatic rings. The SMILES string of the molecule is CC(=O)c1ccc(-c2ccccc2)c(-c2ccccc2C(=O)c2ccccc2)c1. The minimum atomic E-state index is -0.0339. The Kier molecular flexibility index (Phi) is 5.17. The van der Waals surface area contributed by atoms with E-state index < -0.39 is 0 Å². The van der Waals surface area contributed by atoms with Crippen LogP contribution >= 0.6 is 0 Å². The molecule has 29 heavy (non-hydrogen) atoms. The summed E-state index contributed by atoms with van der Waals surface area (Å²) in [4.78, 5) is 25.3. The Balaban J connectivity index is 1.94. The zero-order valence-electron chi connectivity index (χ0n) is 16.1. The first-order valence-electron chi connectivity index (χ1n) is 9.54. The molecule has 2 nitrogen and oxygen atoms in total. The summed E-state index contributed by atoms with van der Waals surface area (Å²) < 4.78 is 0. The fraction of sp³-hybridized carbons (Fsp3) is 0.0370. The van der Waals surface area contributed by atoms with Gasteiger partial charge >= 0.3 is 0 Å². The van der Waals surface area contributed by atoms with Gasteiger partial charge in [0.1, 0.15) is 0 Å². The fourth-order valence-electron chi connectivity index (χ4n) is 3.52. The van der Waals surface area contributed by atoms with Gasteiger partial charge in [0.25, 0.3) is 0 Å². The molecule has 0 saturated carbocycles. The Morgan fingerprint density at radius 1 is 0.552 bits per heavy atom. The summed E-state index contributed by atoms with van der Waals surface area (Å²) in [6.45, 7) is 1.56. The number of rotatable bonds is 5. The molecule has 0 saturated heterocycles. The quantitative estimate of drug-likeness (QED) is 0.375. The van der Waals surface area contributed by atoms with Crippen LogP contribution in [0.3, 0.4) is 0 Å². The maximum absolute atomic E-state index is 13.2. The van der Waals surface area contributed by atoms with Gasteiger partial charge in [-0.2, -0.15) is 0 Å². The molecule has 0 spiro atoms. The lowest BCUT2D eigenvalue weighted by Crippen LogP contribution is -2.04. The van der Waals surface area contributed by atoms with E-state index in [2.05, 4.69) is 0 Å². The molecule has 0 atom stereocenters. The molecule has 0 fully saturated rings. The summed E-state index contributed by atoms with van der Waals surface area (Å²) in [6.07, 6.45) is 0. The smallest absolute Gasteiger partial charge is 0.193 e. The Hall–Kier alpha value is -3.78. The number of ketones is 2. The third kappa shape index (κ3) is 3.78. The minimum Gasteiger partial charge on any atom is -0.295 e. The molecule has 140 valence electrons. The van der Waals surface area contributed by atoms with E-state index in [1.165, 1.54) is 0 Å². The van der Waals surface area contributed by atoms with Crippen molar-refractivity contribution in [1.82, 2.24) is 0 Å². The molecule has 0 aliphatic rings. The molecule has 0 radical (unpaired) electrons. The molecule has 2 heteroatoms. The van der Waals surface area contributed by atoms with Crippen molar-refractivity contribution in [1.29, 1.82) is 0 Å². The van der Waals surface area contributed by atoms with Gasteiger partial charge in [0.2, 0.25) is 0 Å². The topological polar surface area (TPSA) is 34.1 Å². The zero-order chi connectivity index (χ0) is 20.2. The second-order valence-corrected chi connectivity index (χ2v) is 6.92. The van der Waals surface area contributed by atoms with E-state index in [9.17, 15) is 9.59 Å². The summed E-state index contributed by atoms with van der Waals surface area (Å²) in [5.41, 5.74) is 5.62. The van der Waals surface area contributed by atoms with E-state index in [0.717, 1.165) is 22.3 Å². The van der Waals surface area contributed by atoms with Crippen LogP contribution in [0.15, 0.2) is 103 Å². The lowest BCUT2D eigenvalue weighted by Gasteiger charge is -2.15. The van der Waals surface area contributed by atoms with Gasteiger partial charge in [0, 0.05) is 16.7 Å². The highest BCUT2D eigenvalue weighted by Gasteiger charge is 2.18. The zero-order valence-corrected chi connectivity index (χ0v) is 16.1. The van der Waals surface area contributed by atoms with Crippen LogP contribution in [0.1, 0.15) is 33.2 Å². The van der Waals surface area contributed by atoms with E-state index in [-0.39, 0.29) is 11.6 Å². The van der Waals surface area contributed by atoms with Crippen molar-refractivity contribution in [3.63, 3.8) is 0 Å². The molecule has 0 bridgehead atoms. The van der Waals surface area contributed by atoms with Crippen molar-refractivity contribution in [2.45, 2.75) is 6.92 Å². The van der Waals surface area contributed by atoms with Gasteiger partial charge in [-0.15, -0.1) is 0 Å². The predicted octanol–water partition coefficient (Wildman–Crippen LogP) is 6.45. The van der Waals surface area contributed by atoms with E-state index in [1.54, 1.807) is 6.92 Å². The van der Waals surface area contributed by atoms with E-state index in [4.69, 9.17) is 0 Å². The Bertz CT molecular complexity index is 1180. The first-order valence-corrected chi connectivity index (χ1v) is 9.54. The average molecular weight is 376 g/mol. The van der Waals surface area contributed by atoms with Crippen LogP contribution in [0.25, 0.3) is 22.3 Å². The summed E-state index contributed by atoms with van der Waals surface area (Å²) in [5, 5.41) is 0. The van der Waals surface area contributed by atoms with Crippen LogP contribution in [-0.4, -0.2) is 11.6 Å². The maximum atomic E-state index is 13.2. The number of carbonyl (C=O) groups is 2. The number of benzene rings is 4. The number of Topliss-reactive ketones (excluding diaryl/α,β-unsaturated/α-hetero) is 1. The maximum Gasteiger partial charge on any atom is 0.193 e. The molecular weight excluding hydrogens is 356 g/mol. The Labute approximate surface area is 170 Å². The number of carbonyl (C=O) groups excluding carboxylic acids is 2. The normalized spacial score (nSPS) is 10.5. The summed E-state index contributed by atoms with van der Waals surface area (Å²) in [5.74, 6) is -0.0360. The lowest BCUT2D eigenvalue weighted by molar-refractivity contribution is 0.101. The van der Waals surface area contributed by atoms with Gasteiger partial charge in [-0.05, 0) is 35.2 Å². The van der Waals surface area contributed by atoms with Gasteiger partial charge in [-0.25, -0.2) is 0 Å². The molecule has 0 aliphatic carbocycles. The monoisotopic (exact) mass is 376 g/mol. The predicted molar refractivity (Wildman–Crippen MR) is 117 cm³/mol. The van der Waals surface area contributed by atoms with Crippen LogP contribution < -0.4 is 0 Å². The van der Waals surface area contributed by atoms with Crippen molar-refractivity contribution in [3.05, 3.63) is 120 Å². The molecule has 4 aromatic carbocycles. The molecule has 0 amide bonds. The van der Waals surface area contributed by atoms with E-state index >= 15 is 0 Å². The first-order chi connectivity index (χ1) is 14.1. The highest BCUT2D eigenvalue weighted by molar-refractivity contribution is 6.13. The second-order valence-electron chi connectivity index (χ2n) is 6.92. The van der Waals surface area contributed by atoms with Crippen molar-refractivity contribution in [2.75, 3.05) is 0 Å². The van der Waals surface area contributed by atoms with E-state index in [1.807, 2.05) is 103 Å². The van der Waals surface area contributed by atoms with Crippen molar-refractivity contribution < 1.29 is 9.59 Å². The van der Waals surface area contributed by atoms with Crippen LogP contribution in [0.5, 0.6) is 0 Å².